The molecule has 1 N–H and O–H groups in total. The minimum atomic E-state index is 0.437. The molecule has 2 heterocycles. The number of aryl methyl sites for hydroxylation is 1. The normalized spacial score (nSPS) is 11.1. The molecule has 2 aromatic rings. The van der Waals surface area contributed by atoms with Gasteiger partial charge in [-0.2, -0.15) is 0 Å². The lowest BCUT2D eigenvalue weighted by molar-refractivity contribution is 0.529. The summed E-state index contributed by atoms with van der Waals surface area (Å²) in [6, 6.07) is 2.43. The van der Waals surface area contributed by atoms with E-state index in [9.17, 15) is 0 Å². The molecule has 0 saturated heterocycles. The topological polar surface area (TPSA) is 54.2 Å². The van der Waals surface area contributed by atoms with Crippen LogP contribution in [0.5, 0.6) is 0 Å². The summed E-state index contributed by atoms with van der Waals surface area (Å²) in [6.07, 6.45) is 5.30. The van der Waals surface area contributed by atoms with E-state index in [-0.39, 0.29) is 0 Å². The van der Waals surface area contributed by atoms with E-state index in [4.69, 9.17) is 4.42 Å². The fourth-order valence-corrected chi connectivity index (χ4v) is 1.88. The van der Waals surface area contributed by atoms with Gasteiger partial charge in [0.05, 0.1) is 18.2 Å². The van der Waals surface area contributed by atoms with Gasteiger partial charge in [0.1, 0.15) is 11.6 Å². The van der Waals surface area contributed by atoms with Crippen LogP contribution in [0.1, 0.15) is 30.9 Å². The van der Waals surface area contributed by atoms with Gasteiger partial charge in [0.15, 0.2) is 0 Å². The smallest absolute Gasteiger partial charge is 0.147 e. The summed E-state index contributed by atoms with van der Waals surface area (Å²) in [7, 11) is 2.01. The Balaban J connectivity index is 2.04. The minimum Gasteiger partial charge on any atom is -0.469 e. The van der Waals surface area contributed by atoms with Crippen LogP contribution in [0.25, 0.3) is 0 Å². The number of nitrogens with zero attached hydrogens (tertiary/aromatic N) is 3. The second-order valence-electron chi connectivity index (χ2n) is 5.26. The fourth-order valence-electron chi connectivity index (χ4n) is 1.88. The van der Waals surface area contributed by atoms with Gasteiger partial charge in [0, 0.05) is 37.9 Å². The molecule has 0 spiro atoms. The van der Waals surface area contributed by atoms with Crippen LogP contribution in [0.2, 0.25) is 0 Å². The van der Waals surface area contributed by atoms with Crippen LogP contribution < -0.4 is 10.2 Å². The van der Waals surface area contributed by atoms with Crippen molar-refractivity contribution in [1.82, 2.24) is 15.3 Å². The molecule has 20 heavy (non-hydrogen) atoms. The Morgan fingerprint density at radius 3 is 2.80 bits per heavy atom. The van der Waals surface area contributed by atoms with Crippen molar-refractivity contribution in [2.75, 3.05) is 11.9 Å². The van der Waals surface area contributed by atoms with Gasteiger partial charge in [0.25, 0.3) is 0 Å². The van der Waals surface area contributed by atoms with E-state index in [0.717, 1.165) is 30.4 Å². The van der Waals surface area contributed by atoms with Gasteiger partial charge in [-0.15, -0.1) is 0 Å². The summed E-state index contributed by atoms with van der Waals surface area (Å²) in [5, 5.41) is 3.35. The number of furan rings is 1. The molecule has 2 rings (SSSR count). The Hall–Kier alpha value is -1.88. The number of hydrogen-bond donors (Lipinski definition) is 1. The number of aromatic nitrogens is 2. The van der Waals surface area contributed by atoms with Crippen LogP contribution >= 0.6 is 0 Å². The zero-order valence-electron chi connectivity index (χ0n) is 12.6. The molecule has 0 saturated carbocycles. The third-order valence-electron chi connectivity index (χ3n) is 3.13. The van der Waals surface area contributed by atoms with Gasteiger partial charge in [-0.3, -0.25) is 4.98 Å². The zero-order chi connectivity index (χ0) is 14.5. The Kier molecular flexibility index (Phi) is 4.74. The SMILES string of the molecule is Cc1occc1CN(C)c1cncc(CNC(C)C)n1. The molecule has 0 aliphatic rings. The summed E-state index contributed by atoms with van der Waals surface area (Å²) in [6.45, 7) is 7.70. The van der Waals surface area contributed by atoms with Crippen molar-refractivity contribution in [3.8, 4) is 0 Å². The van der Waals surface area contributed by atoms with Crippen molar-refractivity contribution in [2.45, 2.75) is 39.9 Å². The molecule has 0 aromatic carbocycles. The monoisotopic (exact) mass is 274 g/mol. The van der Waals surface area contributed by atoms with Crippen molar-refractivity contribution in [1.29, 1.82) is 0 Å². The highest BCUT2D eigenvalue weighted by atomic mass is 16.3. The fraction of sp³-hybridized carbons (Fsp3) is 0.467. The third-order valence-corrected chi connectivity index (χ3v) is 3.13. The molecule has 0 atom stereocenters. The average Bonchev–Trinajstić information content (AvgIpc) is 2.82. The predicted octanol–water partition coefficient (Wildman–Crippen LogP) is 2.51. The molecule has 0 aliphatic heterocycles. The summed E-state index contributed by atoms with van der Waals surface area (Å²) < 4.78 is 5.32. The minimum absolute atomic E-state index is 0.437. The van der Waals surface area contributed by atoms with E-state index in [1.54, 1.807) is 18.7 Å². The van der Waals surface area contributed by atoms with Crippen LogP contribution in [-0.4, -0.2) is 23.1 Å². The Morgan fingerprint density at radius 2 is 2.15 bits per heavy atom. The standard InChI is InChI=1S/C15H22N4O/c1-11(2)17-8-14-7-16-9-15(18-14)19(4)10-13-5-6-20-12(13)3/h5-7,9,11,17H,8,10H2,1-4H3. The van der Waals surface area contributed by atoms with Crippen LogP contribution in [0.15, 0.2) is 29.1 Å². The molecular weight excluding hydrogens is 252 g/mol. The van der Waals surface area contributed by atoms with E-state index in [1.807, 2.05) is 20.0 Å². The first kappa shape index (κ1) is 14.5. The Bertz CT molecular complexity index is 550. The maximum absolute atomic E-state index is 5.32. The molecule has 5 nitrogen and oxygen atoms in total. The summed E-state index contributed by atoms with van der Waals surface area (Å²) in [4.78, 5) is 11.0. The van der Waals surface area contributed by atoms with Gasteiger partial charge in [0.2, 0.25) is 0 Å². The molecule has 108 valence electrons. The molecule has 0 aliphatic carbocycles. The van der Waals surface area contributed by atoms with E-state index in [2.05, 4.69) is 34.0 Å². The maximum Gasteiger partial charge on any atom is 0.147 e. The molecule has 0 radical (unpaired) electrons. The number of hydrogen-bond acceptors (Lipinski definition) is 5. The summed E-state index contributed by atoms with van der Waals surface area (Å²) >= 11 is 0. The van der Waals surface area contributed by atoms with Crippen molar-refractivity contribution >= 4 is 5.82 Å². The molecule has 0 amide bonds. The highest BCUT2D eigenvalue weighted by Gasteiger charge is 2.09. The Labute approximate surface area is 120 Å². The van der Waals surface area contributed by atoms with Gasteiger partial charge in [-0.25, -0.2) is 4.98 Å². The first-order chi connectivity index (χ1) is 9.56. The van der Waals surface area contributed by atoms with E-state index in [1.165, 1.54) is 5.56 Å². The van der Waals surface area contributed by atoms with Gasteiger partial charge < -0.3 is 14.6 Å². The molecule has 0 fully saturated rings. The molecule has 2 aromatic heterocycles. The van der Waals surface area contributed by atoms with Gasteiger partial charge >= 0.3 is 0 Å². The van der Waals surface area contributed by atoms with Crippen LogP contribution in [-0.2, 0) is 13.1 Å². The second-order valence-corrected chi connectivity index (χ2v) is 5.26. The lowest BCUT2D eigenvalue weighted by Gasteiger charge is -2.18. The highest BCUT2D eigenvalue weighted by molar-refractivity contribution is 5.37. The number of anilines is 1. The zero-order valence-corrected chi connectivity index (χ0v) is 12.6. The van der Waals surface area contributed by atoms with Crippen molar-refractivity contribution < 1.29 is 4.42 Å². The summed E-state index contributed by atoms with van der Waals surface area (Å²) in [5.41, 5.74) is 2.12. The van der Waals surface area contributed by atoms with E-state index in [0.29, 0.717) is 6.04 Å². The molecule has 5 heteroatoms. The van der Waals surface area contributed by atoms with E-state index >= 15 is 0 Å². The van der Waals surface area contributed by atoms with Crippen LogP contribution in [0.4, 0.5) is 5.82 Å². The van der Waals surface area contributed by atoms with Gasteiger partial charge in [-0.05, 0) is 13.0 Å². The highest BCUT2D eigenvalue weighted by Crippen LogP contribution is 2.15. The lowest BCUT2D eigenvalue weighted by atomic mass is 10.2. The van der Waals surface area contributed by atoms with Crippen molar-refractivity contribution in [3.05, 3.63) is 41.7 Å². The van der Waals surface area contributed by atoms with Crippen LogP contribution in [0.3, 0.4) is 0 Å². The lowest BCUT2D eigenvalue weighted by Crippen LogP contribution is -2.24. The maximum atomic E-state index is 5.32. The first-order valence-corrected chi connectivity index (χ1v) is 6.84. The average molecular weight is 274 g/mol. The number of nitrogens with one attached hydrogen (secondary N) is 1. The largest absolute Gasteiger partial charge is 0.469 e. The predicted molar refractivity (Wildman–Crippen MR) is 79.6 cm³/mol. The molecular formula is C15H22N4O. The van der Waals surface area contributed by atoms with Crippen molar-refractivity contribution in [2.24, 2.45) is 0 Å². The van der Waals surface area contributed by atoms with Gasteiger partial charge in [-0.1, -0.05) is 13.8 Å². The molecule has 0 bridgehead atoms. The first-order valence-electron chi connectivity index (χ1n) is 6.84. The second kappa shape index (κ2) is 6.52. The quantitative estimate of drug-likeness (QED) is 0.877. The third kappa shape index (κ3) is 3.81. The van der Waals surface area contributed by atoms with E-state index < -0.39 is 0 Å². The number of rotatable bonds is 6. The molecule has 0 unspecified atom stereocenters. The van der Waals surface area contributed by atoms with Crippen molar-refractivity contribution in [3.63, 3.8) is 0 Å². The summed E-state index contributed by atoms with van der Waals surface area (Å²) in [5.74, 6) is 1.82. The Morgan fingerprint density at radius 1 is 1.35 bits per heavy atom. The van der Waals surface area contributed by atoms with Crippen LogP contribution in [0, 0.1) is 6.92 Å².